The Labute approximate surface area is 40.9 Å². The van der Waals surface area contributed by atoms with Gasteiger partial charge in [-0.3, -0.25) is 0 Å². The van der Waals surface area contributed by atoms with Crippen molar-refractivity contribution in [2.45, 2.75) is 0 Å². The molecule has 0 atom stereocenters. The van der Waals surface area contributed by atoms with Gasteiger partial charge in [-0.2, -0.15) is 0 Å². The van der Waals surface area contributed by atoms with Crippen LogP contribution in [-0.2, 0) is 0 Å². The Bertz CT molecular complexity index is 4.14. The van der Waals surface area contributed by atoms with E-state index < -0.39 is 0 Å². The highest BCUT2D eigenvalue weighted by atomic mass is 16.2. The molecule has 6 heteroatoms. The molecule has 0 heterocycles. The lowest BCUT2D eigenvalue weighted by molar-refractivity contribution is 0.399. The molecule has 0 aromatic rings. The molecular weight excluding hydrogens is 108 g/mol. The van der Waals surface area contributed by atoms with Gasteiger partial charge in [-0.15, -0.1) is 0 Å². The van der Waals surface area contributed by atoms with Gasteiger partial charge in [-0.1, -0.05) is 0 Å². The Morgan fingerprint density at radius 1 is 0.571 bits per heavy atom. The number of aliphatic hydroxyl groups is 1. The summed E-state index contributed by atoms with van der Waals surface area (Å²) in [5.41, 5.74) is 0. The minimum atomic E-state index is 0. The van der Waals surface area contributed by atoms with Crippen molar-refractivity contribution < 1.29 is 32.5 Å². The molecule has 0 amide bonds. The molecular formula is CH14O6. The van der Waals surface area contributed by atoms with Crippen molar-refractivity contribution in [3.05, 3.63) is 0 Å². The van der Waals surface area contributed by atoms with Crippen LogP contribution >= 0.6 is 0 Å². The van der Waals surface area contributed by atoms with Crippen LogP contribution in [0.4, 0.5) is 0 Å². The molecule has 0 aromatic heterocycles. The lowest BCUT2D eigenvalue weighted by Gasteiger charge is -1.21. The van der Waals surface area contributed by atoms with Crippen molar-refractivity contribution in [3.8, 4) is 0 Å². The van der Waals surface area contributed by atoms with E-state index >= 15 is 0 Å². The molecule has 0 fully saturated rings. The Balaban J connectivity index is -0.000000000500. The van der Waals surface area contributed by atoms with Crippen LogP contribution in [0.1, 0.15) is 0 Å². The van der Waals surface area contributed by atoms with E-state index in [1.165, 1.54) is 0 Å². The van der Waals surface area contributed by atoms with Crippen molar-refractivity contribution in [2.24, 2.45) is 0 Å². The highest BCUT2D eigenvalue weighted by Gasteiger charge is 0.839. The molecule has 0 spiro atoms. The third-order valence-corrected chi connectivity index (χ3v) is 0. The Hall–Kier alpha value is -0.240. The summed E-state index contributed by atoms with van der Waals surface area (Å²) < 4.78 is 0. The minimum Gasteiger partial charge on any atom is -0.412 e. The number of aliphatic hydroxyl groups excluding tert-OH is 1. The second-order valence-corrected chi connectivity index (χ2v) is 0. The molecule has 0 aliphatic rings. The van der Waals surface area contributed by atoms with Gasteiger partial charge in [0.1, 0.15) is 0 Å². The molecule has 0 aliphatic carbocycles. The number of rotatable bonds is 0. The van der Waals surface area contributed by atoms with Crippen molar-refractivity contribution >= 4 is 0 Å². The van der Waals surface area contributed by atoms with Crippen molar-refractivity contribution in [1.82, 2.24) is 0 Å². The summed E-state index contributed by atoms with van der Waals surface area (Å²) in [6, 6.07) is 0. The lowest BCUT2D eigenvalue weighted by Crippen LogP contribution is -1.25. The molecule has 7 heavy (non-hydrogen) atoms. The van der Waals surface area contributed by atoms with Crippen molar-refractivity contribution in [2.75, 3.05) is 7.11 Å². The van der Waals surface area contributed by atoms with Crippen LogP contribution < -0.4 is 0 Å². The first-order chi connectivity index (χ1) is 1.00. The molecule has 0 rings (SSSR count). The smallest absolute Gasteiger partial charge is 0.0319 e. The van der Waals surface area contributed by atoms with E-state index in [1.807, 2.05) is 0 Å². The van der Waals surface area contributed by atoms with E-state index in [2.05, 4.69) is 0 Å². The first kappa shape index (κ1) is 388. The fourth-order valence-electron chi connectivity index (χ4n) is 0. The van der Waals surface area contributed by atoms with Gasteiger partial charge in [0.25, 0.3) is 0 Å². The summed E-state index contributed by atoms with van der Waals surface area (Å²) in [4.78, 5) is 0. The van der Waals surface area contributed by atoms with Gasteiger partial charge >= 0.3 is 0 Å². The van der Waals surface area contributed by atoms with Crippen LogP contribution in [0.3, 0.4) is 0 Å². The maximum Gasteiger partial charge on any atom is 0.0319 e. The third-order valence-electron chi connectivity index (χ3n) is 0. The summed E-state index contributed by atoms with van der Waals surface area (Å²) in [6.45, 7) is 0. The predicted molar refractivity (Wildman–Crippen MR) is 26.2 cm³/mol. The van der Waals surface area contributed by atoms with Gasteiger partial charge < -0.3 is 32.5 Å². The molecule has 11 N–H and O–H groups in total. The zero-order chi connectivity index (χ0) is 2.00. The molecule has 0 radical (unpaired) electrons. The Kier molecular flexibility index (Phi) is 126000. The second kappa shape index (κ2) is 2270. The Morgan fingerprint density at radius 3 is 0.571 bits per heavy atom. The average Bonchev–Trinajstić information content (AvgIpc) is 1.00. The van der Waals surface area contributed by atoms with E-state index in [1.54, 1.807) is 0 Å². The molecule has 54 valence electrons. The summed E-state index contributed by atoms with van der Waals surface area (Å²) >= 11 is 0. The third kappa shape index (κ3) is 1410. The number of hydrogen-bond donors (Lipinski definition) is 1. The van der Waals surface area contributed by atoms with Crippen molar-refractivity contribution in [1.29, 1.82) is 0 Å². The topological polar surface area (TPSA) is 178 Å². The number of hydrogen-bond acceptors (Lipinski definition) is 1. The monoisotopic (exact) mass is 122 g/mol. The zero-order valence-electron chi connectivity index (χ0n) is 3.95. The average molecular weight is 122 g/mol. The Morgan fingerprint density at radius 2 is 0.571 bits per heavy atom. The first-order valence-electron chi connectivity index (χ1n) is 0.447. The molecule has 0 saturated heterocycles. The first-order valence-corrected chi connectivity index (χ1v) is 0.447. The van der Waals surface area contributed by atoms with Crippen LogP contribution in [0.2, 0.25) is 0 Å². The van der Waals surface area contributed by atoms with Crippen LogP contribution in [0, 0.1) is 0 Å². The van der Waals surface area contributed by atoms with E-state index in [0.29, 0.717) is 0 Å². The summed E-state index contributed by atoms with van der Waals surface area (Å²) in [5, 5.41) is 7.00. The fourth-order valence-corrected chi connectivity index (χ4v) is 0. The van der Waals surface area contributed by atoms with Gasteiger partial charge in [0.15, 0.2) is 0 Å². The fraction of sp³-hybridized carbons (Fsp3) is 1.00. The van der Waals surface area contributed by atoms with Crippen LogP contribution in [-0.4, -0.2) is 39.6 Å². The highest BCUT2D eigenvalue weighted by Crippen LogP contribution is 0.755. The SMILES string of the molecule is CO.O.O.O.O.O. The van der Waals surface area contributed by atoms with E-state index in [0.717, 1.165) is 7.11 Å². The largest absolute Gasteiger partial charge is 0.412 e. The maximum absolute atomic E-state index is 7.00. The van der Waals surface area contributed by atoms with E-state index in [4.69, 9.17) is 5.11 Å². The van der Waals surface area contributed by atoms with E-state index in [9.17, 15) is 0 Å². The van der Waals surface area contributed by atoms with Gasteiger partial charge in [-0.05, 0) is 0 Å². The molecule has 0 bridgehead atoms. The quantitative estimate of drug-likeness (QED) is 0.334. The standard InChI is InChI=1S/CH4O.5H2O/c1-2;;;;;/h2H,1H3;5*1H2. The van der Waals surface area contributed by atoms with Crippen LogP contribution in [0.15, 0.2) is 0 Å². The summed E-state index contributed by atoms with van der Waals surface area (Å²) in [7, 11) is 1.00. The van der Waals surface area contributed by atoms with Gasteiger partial charge in [0.05, 0.1) is 0 Å². The molecule has 0 aromatic carbocycles. The van der Waals surface area contributed by atoms with E-state index in [-0.39, 0.29) is 27.4 Å². The van der Waals surface area contributed by atoms with Crippen LogP contribution in [0.5, 0.6) is 0 Å². The lowest BCUT2D eigenvalue weighted by atomic mass is 11.8. The van der Waals surface area contributed by atoms with Crippen molar-refractivity contribution in [3.63, 3.8) is 0 Å². The molecule has 0 aliphatic heterocycles. The normalized spacial score (nSPS) is 0.857. The molecule has 0 saturated carbocycles. The highest BCUT2D eigenvalue weighted by molar-refractivity contribution is 3.18. The zero-order valence-corrected chi connectivity index (χ0v) is 3.95. The minimum absolute atomic E-state index is 0. The predicted octanol–water partition coefficient (Wildman–Crippen LogP) is -4.51. The maximum atomic E-state index is 7.00. The van der Waals surface area contributed by atoms with Crippen LogP contribution in [0.25, 0.3) is 0 Å². The second-order valence-electron chi connectivity index (χ2n) is 0. The molecule has 6 nitrogen and oxygen atoms in total. The van der Waals surface area contributed by atoms with Gasteiger partial charge in [0.2, 0.25) is 0 Å². The van der Waals surface area contributed by atoms with Gasteiger partial charge in [-0.25, -0.2) is 0 Å². The molecule has 0 unspecified atom stereocenters. The van der Waals surface area contributed by atoms with Gasteiger partial charge in [0, 0.05) is 7.11 Å². The summed E-state index contributed by atoms with van der Waals surface area (Å²) in [5.74, 6) is 0. The summed E-state index contributed by atoms with van der Waals surface area (Å²) in [6.07, 6.45) is 0.